The molecule has 1 aliphatic heterocycles. The smallest absolute Gasteiger partial charge is 0.0918 e. The minimum atomic E-state index is 0.230. The molecule has 2 nitrogen and oxygen atoms in total. The monoisotopic (exact) mass is 112 g/mol. The van der Waals surface area contributed by atoms with Gasteiger partial charge >= 0.3 is 0 Å². The normalized spacial score (nSPS) is 22.6. The highest BCUT2D eigenvalue weighted by Crippen LogP contribution is 2.15. The van der Waals surface area contributed by atoms with Crippen molar-refractivity contribution in [3.05, 3.63) is 12.7 Å². The molecule has 0 atom stereocenters. The van der Waals surface area contributed by atoms with E-state index in [4.69, 9.17) is 0 Å². The summed E-state index contributed by atoms with van der Waals surface area (Å²) in [5.41, 5.74) is 6.33. The topological polar surface area (TPSA) is 43.9 Å². The summed E-state index contributed by atoms with van der Waals surface area (Å²) in [5, 5.41) is 0. The van der Waals surface area contributed by atoms with Gasteiger partial charge in [-0.2, -0.15) is 0 Å². The van der Waals surface area contributed by atoms with Crippen LogP contribution in [0.15, 0.2) is 12.7 Å². The number of rotatable bonds is 3. The molecule has 1 rings (SSSR count). The van der Waals surface area contributed by atoms with Crippen LogP contribution < -0.4 is 10.9 Å². The number of hydrogen-bond acceptors (Lipinski definition) is 2. The molecule has 0 aromatic carbocycles. The summed E-state index contributed by atoms with van der Waals surface area (Å²) in [7, 11) is 0. The van der Waals surface area contributed by atoms with Crippen molar-refractivity contribution in [2.45, 2.75) is 25.4 Å². The fourth-order valence-electron chi connectivity index (χ4n) is 0.622. The molecular weight excluding hydrogens is 100 g/mol. The summed E-state index contributed by atoms with van der Waals surface area (Å²) in [6.45, 7) is 5.77. The Bertz CT molecular complexity index is 94.7. The first-order valence-corrected chi connectivity index (χ1v) is 2.92. The van der Waals surface area contributed by atoms with Crippen molar-refractivity contribution in [3.8, 4) is 0 Å². The fraction of sp³-hybridized carbons (Fsp3) is 0.667. The van der Waals surface area contributed by atoms with Crippen LogP contribution in [0.5, 0.6) is 0 Å². The van der Waals surface area contributed by atoms with Gasteiger partial charge in [0.1, 0.15) is 0 Å². The Labute approximate surface area is 49.9 Å². The van der Waals surface area contributed by atoms with E-state index in [-0.39, 0.29) is 5.66 Å². The molecule has 0 aromatic heterocycles. The molecule has 0 bridgehead atoms. The number of hydrogen-bond donors (Lipinski definition) is 2. The lowest BCUT2D eigenvalue weighted by atomic mass is 10.1. The van der Waals surface area contributed by atoms with E-state index in [1.807, 2.05) is 6.08 Å². The molecule has 0 unspecified atom stereocenters. The highest BCUT2D eigenvalue weighted by molar-refractivity contribution is 4.90. The maximum absolute atomic E-state index is 3.64. The van der Waals surface area contributed by atoms with Crippen LogP contribution in [0.1, 0.15) is 19.8 Å². The molecule has 1 aliphatic rings. The van der Waals surface area contributed by atoms with Crippen molar-refractivity contribution < 1.29 is 0 Å². The lowest BCUT2D eigenvalue weighted by Gasteiger charge is -1.98. The van der Waals surface area contributed by atoms with Gasteiger partial charge in [-0.3, -0.25) is 0 Å². The Balaban J connectivity index is 2.09. The third-order valence-corrected chi connectivity index (χ3v) is 1.40. The molecule has 1 saturated heterocycles. The summed E-state index contributed by atoms with van der Waals surface area (Å²) < 4.78 is 0. The molecule has 0 aromatic rings. The molecule has 0 aliphatic carbocycles. The lowest BCUT2D eigenvalue weighted by Crippen LogP contribution is -2.09. The van der Waals surface area contributed by atoms with Crippen LogP contribution in [0.25, 0.3) is 0 Å². The first-order valence-electron chi connectivity index (χ1n) is 2.92. The first kappa shape index (κ1) is 5.79. The van der Waals surface area contributed by atoms with Crippen LogP contribution in [0.4, 0.5) is 0 Å². The Morgan fingerprint density at radius 1 is 1.62 bits per heavy atom. The van der Waals surface area contributed by atoms with Crippen LogP contribution in [-0.2, 0) is 0 Å². The van der Waals surface area contributed by atoms with Gasteiger partial charge in [0, 0.05) is 0 Å². The number of nitrogens with one attached hydrogen (secondary N) is 2. The van der Waals surface area contributed by atoms with Gasteiger partial charge in [0.15, 0.2) is 0 Å². The minimum absolute atomic E-state index is 0.230. The largest absolute Gasteiger partial charge is 0.235 e. The second-order valence-electron chi connectivity index (χ2n) is 2.41. The zero-order valence-electron chi connectivity index (χ0n) is 5.20. The van der Waals surface area contributed by atoms with Gasteiger partial charge in [0.05, 0.1) is 5.66 Å². The molecule has 8 heavy (non-hydrogen) atoms. The van der Waals surface area contributed by atoms with Gasteiger partial charge in [-0.1, -0.05) is 6.08 Å². The van der Waals surface area contributed by atoms with Gasteiger partial charge in [-0.25, -0.2) is 10.9 Å². The Kier molecular flexibility index (Phi) is 1.36. The second kappa shape index (κ2) is 1.88. The van der Waals surface area contributed by atoms with Crippen LogP contribution >= 0.6 is 0 Å². The van der Waals surface area contributed by atoms with Crippen molar-refractivity contribution in [2.24, 2.45) is 0 Å². The lowest BCUT2D eigenvalue weighted by molar-refractivity contribution is 0.613. The van der Waals surface area contributed by atoms with E-state index in [0.29, 0.717) is 0 Å². The zero-order chi connectivity index (χ0) is 6.04. The molecule has 2 heteroatoms. The Morgan fingerprint density at radius 2 is 2.25 bits per heavy atom. The highest BCUT2D eigenvalue weighted by Gasteiger charge is 2.34. The molecule has 0 amide bonds. The number of allylic oxidation sites excluding steroid dienone is 1. The summed E-state index contributed by atoms with van der Waals surface area (Å²) in [4.78, 5) is 0. The van der Waals surface area contributed by atoms with Gasteiger partial charge < -0.3 is 0 Å². The van der Waals surface area contributed by atoms with E-state index < -0.39 is 0 Å². The van der Waals surface area contributed by atoms with Crippen LogP contribution in [-0.4, -0.2) is 5.66 Å². The van der Waals surface area contributed by atoms with E-state index >= 15 is 0 Å². The van der Waals surface area contributed by atoms with Crippen molar-refractivity contribution in [3.63, 3.8) is 0 Å². The summed E-state index contributed by atoms with van der Waals surface area (Å²) >= 11 is 0. The summed E-state index contributed by atoms with van der Waals surface area (Å²) in [5.74, 6) is 0. The van der Waals surface area contributed by atoms with E-state index in [0.717, 1.165) is 12.8 Å². The van der Waals surface area contributed by atoms with Crippen molar-refractivity contribution in [2.75, 3.05) is 0 Å². The van der Waals surface area contributed by atoms with Crippen molar-refractivity contribution in [1.82, 2.24) is 10.9 Å². The molecule has 1 fully saturated rings. The van der Waals surface area contributed by atoms with E-state index in [9.17, 15) is 0 Å². The maximum Gasteiger partial charge on any atom is 0.0918 e. The molecule has 46 valence electrons. The van der Waals surface area contributed by atoms with E-state index in [2.05, 4.69) is 24.4 Å². The molecule has 0 saturated carbocycles. The molecule has 2 N–H and O–H groups in total. The maximum atomic E-state index is 3.64. The Morgan fingerprint density at radius 3 is 2.62 bits per heavy atom. The molecular formula is C6H12N2. The third kappa shape index (κ3) is 1.32. The fourth-order valence-corrected chi connectivity index (χ4v) is 0.622. The predicted octanol–water partition coefficient (Wildman–Crippen LogP) is 0.777. The minimum Gasteiger partial charge on any atom is -0.235 e. The highest BCUT2D eigenvalue weighted by atomic mass is 15.7. The van der Waals surface area contributed by atoms with E-state index in [1.54, 1.807) is 0 Å². The second-order valence-corrected chi connectivity index (χ2v) is 2.41. The number of hydrazine groups is 1. The van der Waals surface area contributed by atoms with Crippen molar-refractivity contribution >= 4 is 0 Å². The SMILES string of the molecule is C=CCCC1(C)NN1. The average Bonchev–Trinajstić information content (AvgIpc) is 2.45. The molecule has 1 heterocycles. The first-order chi connectivity index (χ1) is 3.77. The van der Waals surface area contributed by atoms with Gasteiger partial charge in [0.2, 0.25) is 0 Å². The predicted molar refractivity (Wildman–Crippen MR) is 34.1 cm³/mol. The average molecular weight is 112 g/mol. The van der Waals surface area contributed by atoms with Gasteiger partial charge in [0.25, 0.3) is 0 Å². The van der Waals surface area contributed by atoms with Gasteiger partial charge in [-0.05, 0) is 19.8 Å². The summed E-state index contributed by atoms with van der Waals surface area (Å²) in [6.07, 6.45) is 4.15. The Hall–Kier alpha value is -0.340. The van der Waals surface area contributed by atoms with Crippen molar-refractivity contribution in [1.29, 1.82) is 0 Å². The van der Waals surface area contributed by atoms with Gasteiger partial charge in [-0.15, -0.1) is 6.58 Å². The van der Waals surface area contributed by atoms with Crippen LogP contribution in [0, 0.1) is 0 Å². The van der Waals surface area contributed by atoms with E-state index in [1.165, 1.54) is 0 Å². The quantitative estimate of drug-likeness (QED) is 0.418. The van der Waals surface area contributed by atoms with Crippen LogP contribution in [0.2, 0.25) is 0 Å². The van der Waals surface area contributed by atoms with Crippen LogP contribution in [0.3, 0.4) is 0 Å². The third-order valence-electron chi connectivity index (χ3n) is 1.40. The standard InChI is InChI=1S/C6H12N2/c1-3-4-5-6(2)7-8-6/h3,7-8H,1,4-5H2,2H3. The zero-order valence-corrected chi connectivity index (χ0v) is 5.20. The molecule has 0 spiro atoms. The summed E-state index contributed by atoms with van der Waals surface area (Å²) in [6, 6.07) is 0. The molecule has 0 radical (unpaired) electrons.